The van der Waals surface area contributed by atoms with Crippen LogP contribution < -0.4 is 10.6 Å². The number of rotatable bonds is 8. The standard InChI is InChI=1S/C25H19N3O5/c26-15-14-22(29)27-19-12-10-18(11-13-19)25(32)33-16-23(30)28-21-9-5-4-8-20(21)24(31)17-6-2-1-3-7-17/h1-13H,14,16H2,(H,27,29)(H,28,30). The van der Waals surface area contributed by atoms with E-state index in [0.29, 0.717) is 22.5 Å². The van der Waals surface area contributed by atoms with E-state index in [9.17, 15) is 19.2 Å². The van der Waals surface area contributed by atoms with Crippen LogP contribution in [0, 0.1) is 11.3 Å². The molecule has 0 saturated carbocycles. The SMILES string of the molecule is N#CCC(=O)Nc1ccc(C(=O)OCC(=O)Nc2ccccc2C(=O)c2ccccc2)cc1. The zero-order valence-corrected chi connectivity index (χ0v) is 17.4. The number of hydrogen-bond acceptors (Lipinski definition) is 6. The van der Waals surface area contributed by atoms with E-state index >= 15 is 0 Å². The number of anilines is 2. The third kappa shape index (κ3) is 6.35. The molecule has 0 bridgehead atoms. The van der Waals surface area contributed by atoms with Crippen LogP contribution in [0.25, 0.3) is 0 Å². The highest BCUT2D eigenvalue weighted by Gasteiger charge is 2.16. The second-order valence-electron chi connectivity index (χ2n) is 6.83. The quantitative estimate of drug-likeness (QED) is 0.407. The number of esters is 1. The van der Waals surface area contributed by atoms with Crippen molar-refractivity contribution < 1.29 is 23.9 Å². The van der Waals surface area contributed by atoms with Gasteiger partial charge in [0.15, 0.2) is 12.4 Å². The Kier molecular flexibility index (Phi) is 7.65. The molecule has 0 unspecified atom stereocenters. The van der Waals surface area contributed by atoms with E-state index in [2.05, 4.69) is 10.6 Å². The Morgan fingerprint density at radius 3 is 2.12 bits per heavy atom. The van der Waals surface area contributed by atoms with Crippen LogP contribution in [-0.2, 0) is 14.3 Å². The van der Waals surface area contributed by atoms with Crippen molar-refractivity contribution in [3.05, 3.63) is 95.6 Å². The van der Waals surface area contributed by atoms with Gasteiger partial charge in [0.2, 0.25) is 5.91 Å². The summed E-state index contributed by atoms with van der Waals surface area (Å²) in [6, 6.07) is 22.8. The Balaban J connectivity index is 1.58. The fourth-order valence-electron chi connectivity index (χ4n) is 2.90. The monoisotopic (exact) mass is 441 g/mol. The van der Waals surface area contributed by atoms with Gasteiger partial charge in [-0.15, -0.1) is 0 Å². The molecule has 164 valence electrons. The summed E-state index contributed by atoms with van der Waals surface area (Å²) in [7, 11) is 0. The molecule has 0 saturated heterocycles. The van der Waals surface area contributed by atoms with Crippen molar-refractivity contribution >= 4 is 34.9 Å². The number of benzene rings is 3. The largest absolute Gasteiger partial charge is 0.452 e. The molecule has 0 aliphatic heterocycles. The molecule has 3 aromatic carbocycles. The Morgan fingerprint density at radius 2 is 1.42 bits per heavy atom. The third-order valence-electron chi connectivity index (χ3n) is 4.46. The molecule has 0 heterocycles. The van der Waals surface area contributed by atoms with E-state index in [1.54, 1.807) is 60.7 Å². The van der Waals surface area contributed by atoms with Crippen LogP contribution in [0.4, 0.5) is 11.4 Å². The maximum atomic E-state index is 12.8. The number of nitriles is 1. The summed E-state index contributed by atoms with van der Waals surface area (Å²) < 4.78 is 5.04. The van der Waals surface area contributed by atoms with Crippen LogP contribution in [-0.4, -0.2) is 30.2 Å². The van der Waals surface area contributed by atoms with Gasteiger partial charge in [-0.1, -0.05) is 42.5 Å². The van der Waals surface area contributed by atoms with Gasteiger partial charge in [-0.05, 0) is 36.4 Å². The highest BCUT2D eigenvalue weighted by molar-refractivity contribution is 6.14. The van der Waals surface area contributed by atoms with Gasteiger partial charge in [-0.3, -0.25) is 14.4 Å². The Bertz CT molecular complexity index is 1210. The lowest BCUT2D eigenvalue weighted by Crippen LogP contribution is -2.22. The summed E-state index contributed by atoms with van der Waals surface area (Å²) >= 11 is 0. The van der Waals surface area contributed by atoms with Crippen molar-refractivity contribution in [3.63, 3.8) is 0 Å². The van der Waals surface area contributed by atoms with Gasteiger partial charge in [0.1, 0.15) is 6.42 Å². The van der Waals surface area contributed by atoms with Crippen LogP contribution >= 0.6 is 0 Å². The lowest BCUT2D eigenvalue weighted by molar-refractivity contribution is -0.119. The van der Waals surface area contributed by atoms with E-state index in [0.717, 1.165) is 0 Å². The van der Waals surface area contributed by atoms with Crippen molar-refractivity contribution in [3.8, 4) is 6.07 Å². The summed E-state index contributed by atoms with van der Waals surface area (Å²) in [5.74, 6) is -2.04. The minimum Gasteiger partial charge on any atom is -0.452 e. The molecule has 0 aromatic heterocycles. The molecule has 0 aliphatic carbocycles. The van der Waals surface area contributed by atoms with Gasteiger partial charge >= 0.3 is 5.97 Å². The van der Waals surface area contributed by atoms with E-state index in [1.807, 2.05) is 0 Å². The first-order chi connectivity index (χ1) is 16.0. The van der Waals surface area contributed by atoms with Gasteiger partial charge in [0, 0.05) is 16.8 Å². The van der Waals surface area contributed by atoms with Crippen molar-refractivity contribution in [2.75, 3.05) is 17.2 Å². The zero-order chi connectivity index (χ0) is 23.6. The van der Waals surface area contributed by atoms with Crippen LogP contribution in [0.15, 0.2) is 78.9 Å². The van der Waals surface area contributed by atoms with E-state index in [-0.39, 0.29) is 17.8 Å². The van der Waals surface area contributed by atoms with Gasteiger partial charge in [-0.2, -0.15) is 5.26 Å². The van der Waals surface area contributed by atoms with Crippen LogP contribution in [0.5, 0.6) is 0 Å². The predicted molar refractivity (Wildman–Crippen MR) is 121 cm³/mol. The van der Waals surface area contributed by atoms with Crippen LogP contribution in [0.3, 0.4) is 0 Å². The molecule has 0 aliphatic rings. The smallest absolute Gasteiger partial charge is 0.338 e. The average Bonchev–Trinajstić information content (AvgIpc) is 2.83. The summed E-state index contributed by atoms with van der Waals surface area (Å²) in [4.78, 5) is 48.7. The minimum atomic E-state index is -0.728. The molecule has 0 atom stereocenters. The summed E-state index contributed by atoms with van der Waals surface area (Å²) in [6.07, 6.45) is -0.279. The molecular formula is C25H19N3O5. The van der Waals surface area contributed by atoms with Gasteiger partial charge in [0.25, 0.3) is 5.91 Å². The first-order valence-electron chi connectivity index (χ1n) is 9.90. The number of ketones is 1. The fourth-order valence-corrected chi connectivity index (χ4v) is 2.90. The van der Waals surface area contributed by atoms with Crippen molar-refractivity contribution in [1.82, 2.24) is 0 Å². The number of carbonyl (C=O) groups excluding carboxylic acids is 4. The molecule has 3 rings (SSSR count). The number of hydrogen-bond donors (Lipinski definition) is 2. The lowest BCUT2D eigenvalue weighted by atomic mass is 10.0. The molecule has 2 amide bonds. The van der Waals surface area contributed by atoms with E-state index in [4.69, 9.17) is 10.00 Å². The Labute approximate surface area is 189 Å². The number of para-hydroxylation sites is 1. The summed E-state index contributed by atoms with van der Waals surface area (Å²) in [5, 5.41) is 13.6. The van der Waals surface area contributed by atoms with Crippen molar-refractivity contribution in [2.45, 2.75) is 6.42 Å². The van der Waals surface area contributed by atoms with Gasteiger partial charge in [0.05, 0.1) is 17.3 Å². The Morgan fingerprint density at radius 1 is 0.758 bits per heavy atom. The molecule has 2 N–H and O–H groups in total. The molecule has 8 nitrogen and oxygen atoms in total. The first kappa shape index (κ1) is 22.9. The van der Waals surface area contributed by atoms with Crippen LogP contribution in [0.2, 0.25) is 0 Å². The maximum Gasteiger partial charge on any atom is 0.338 e. The molecular weight excluding hydrogens is 422 g/mol. The highest BCUT2D eigenvalue weighted by Crippen LogP contribution is 2.19. The highest BCUT2D eigenvalue weighted by atomic mass is 16.5. The first-order valence-corrected chi connectivity index (χ1v) is 9.90. The van der Waals surface area contributed by atoms with Crippen LogP contribution in [0.1, 0.15) is 32.7 Å². The van der Waals surface area contributed by atoms with Gasteiger partial charge in [-0.25, -0.2) is 4.79 Å². The van der Waals surface area contributed by atoms with E-state index < -0.39 is 24.4 Å². The maximum absolute atomic E-state index is 12.8. The van der Waals surface area contributed by atoms with Crippen molar-refractivity contribution in [2.24, 2.45) is 0 Å². The summed E-state index contributed by atoms with van der Waals surface area (Å²) in [5.41, 5.74) is 1.71. The van der Waals surface area contributed by atoms with E-state index in [1.165, 1.54) is 24.3 Å². The zero-order valence-electron chi connectivity index (χ0n) is 17.4. The lowest BCUT2D eigenvalue weighted by Gasteiger charge is -2.11. The molecule has 8 heteroatoms. The number of amides is 2. The van der Waals surface area contributed by atoms with Crippen molar-refractivity contribution in [1.29, 1.82) is 5.26 Å². The molecule has 3 aromatic rings. The number of nitrogens with zero attached hydrogens (tertiary/aromatic N) is 1. The summed E-state index contributed by atoms with van der Waals surface area (Å²) in [6.45, 7) is -0.548. The number of nitrogens with one attached hydrogen (secondary N) is 2. The second-order valence-corrected chi connectivity index (χ2v) is 6.83. The molecule has 33 heavy (non-hydrogen) atoms. The molecule has 0 spiro atoms. The average molecular weight is 441 g/mol. The normalized spacial score (nSPS) is 9.91. The minimum absolute atomic E-state index is 0.181. The second kappa shape index (κ2) is 11.0. The van der Waals surface area contributed by atoms with Gasteiger partial charge < -0.3 is 15.4 Å². The molecule has 0 fully saturated rings. The topological polar surface area (TPSA) is 125 Å². The fraction of sp³-hybridized carbons (Fsp3) is 0.0800. The third-order valence-corrected chi connectivity index (χ3v) is 4.46. The number of carbonyl (C=O) groups is 4. The predicted octanol–water partition coefficient (Wildman–Crippen LogP) is 3.57. The molecule has 0 radical (unpaired) electrons. The Hall–Kier alpha value is -4.77. The number of ether oxygens (including phenoxy) is 1.